The minimum Gasteiger partial charge on any atom is -0.488 e. The molecule has 0 fully saturated rings. The van der Waals surface area contributed by atoms with E-state index in [-0.39, 0.29) is 5.78 Å². The number of allylic oxidation sites excluding steroid dienone is 1. The summed E-state index contributed by atoms with van der Waals surface area (Å²) in [6.07, 6.45) is 3.40. The van der Waals surface area contributed by atoms with E-state index in [1.807, 2.05) is 78.2 Å². The summed E-state index contributed by atoms with van der Waals surface area (Å²) in [6, 6.07) is 21.4. The van der Waals surface area contributed by atoms with Crippen molar-refractivity contribution in [2.45, 2.75) is 6.61 Å². The molecule has 0 spiro atoms. The Morgan fingerprint density at radius 1 is 0.957 bits per heavy atom. The molecule has 3 heteroatoms. The van der Waals surface area contributed by atoms with Crippen LogP contribution in [0, 0.1) is 0 Å². The number of benzene rings is 2. The minimum atomic E-state index is 0.0119. The first-order valence-corrected chi connectivity index (χ1v) is 8.22. The van der Waals surface area contributed by atoms with E-state index in [1.54, 1.807) is 6.08 Å². The topological polar surface area (TPSA) is 26.3 Å². The number of rotatable bonds is 6. The van der Waals surface area contributed by atoms with Gasteiger partial charge in [-0.1, -0.05) is 54.6 Å². The molecule has 3 aromatic rings. The number of ether oxygens (including phenoxy) is 1. The van der Waals surface area contributed by atoms with Gasteiger partial charge in [0.2, 0.25) is 0 Å². The van der Waals surface area contributed by atoms with Crippen LogP contribution in [0.4, 0.5) is 0 Å². The molecular weight excluding hydrogens is 304 g/mol. The maximum absolute atomic E-state index is 12.1. The maximum Gasteiger partial charge on any atom is 0.195 e. The van der Waals surface area contributed by atoms with Crippen LogP contribution in [-0.2, 0) is 6.61 Å². The second-order valence-corrected chi connectivity index (χ2v) is 5.93. The normalized spacial score (nSPS) is 10.8. The van der Waals surface area contributed by atoms with Gasteiger partial charge in [0.15, 0.2) is 5.78 Å². The second-order valence-electron chi connectivity index (χ2n) is 4.99. The Bertz CT molecular complexity index is 790. The highest BCUT2D eigenvalue weighted by atomic mass is 32.1. The van der Waals surface area contributed by atoms with Gasteiger partial charge < -0.3 is 4.74 Å². The van der Waals surface area contributed by atoms with Gasteiger partial charge in [-0.3, -0.25) is 4.79 Å². The first-order valence-electron chi connectivity index (χ1n) is 7.34. The van der Waals surface area contributed by atoms with Gasteiger partial charge in [0, 0.05) is 5.56 Å². The summed E-state index contributed by atoms with van der Waals surface area (Å²) in [6.45, 7) is 0.505. The Balaban J connectivity index is 1.71. The van der Waals surface area contributed by atoms with Gasteiger partial charge in [0.25, 0.3) is 0 Å². The molecule has 0 aliphatic carbocycles. The highest BCUT2D eigenvalue weighted by molar-refractivity contribution is 7.12. The van der Waals surface area contributed by atoms with Crippen molar-refractivity contribution in [1.82, 2.24) is 0 Å². The Kier molecular flexibility index (Phi) is 5.02. The quantitative estimate of drug-likeness (QED) is 0.459. The predicted octanol–water partition coefficient (Wildman–Crippen LogP) is 5.22. The molecule has 0 atom stereocenters. The van der Waals surface area contributed by atoms with E-state index >= 15 is 0 Å². The zero-order chi connectivity index (χ0) is 15.9. The predicted molar refractivity (Wildman–Crippen MR) is 94.9 cm³/mol. The fourth-order valence-corrected chi connectivity index (χ4v) is 2.80. The number of ketones is 1. The van der Waals surface area contributed by atoms with E-state index in [9.17, 15) is 4.79 Å². The van der Waals surface area contributed by atoms with Crippen molar-refractivity contribution in [3.63, 3.8) is 0 Å². The summed E-state index contributed by atoms with van der Waals surface area (Å²) in [5, 5.41) is 1.90. The molecule has 2 nitrogen and oxygen atoms in total. The summed E-state index contributed by atoms with van der Waals surface area (Å²) < 4.78 is 5.89. The highest BCUT2D eigenvalue weighted by Crippen LogP contribution is 2.21. The first kappa shape index (κ1) is 15.3. The fraction of sp³-hybridized carbons (Fsp3) is 0.0500. The third-order valence-corrected chi connectivity index (χ3v) is 4.22. The largest absolute Gasteiger partial charge is 0.488 e. The number of para-hydroxylation sites is 1. The molecule has 0 saturated heterocycles. The van der Waals surface area contributed by atoms with Crippen molar-refractivity contribution in [3.8, 4) is 5.75 Å². The second kappa shape index (κ2) is 7.56. The Hall–Kier alpha value is -2.65. The summed E-state index contributed by atoms with van der Waals surface area (Å²) in [7, 11) is 0. The van der Waals surface area contributed by atoms with E-state index in [2.05, 4.69) is 0 Å². The number of hydrogen-bond donors (Lipinski definition) is 0. The maximum atomic E-state index is 12.1. The van der Waals surface area contributed by atoms with Crippen LogP contribution in [0.2, 0.25) is 0 Å². The molecule has 0 radical (unpaired) electrons. The molecule has 0 N–H and O–H groups in total. The van der Waals surface area contributed by atoms with Crippen LogP contribution in [0.1, 0.15) is 20.8 Å². The average molecular weight is 320 g/mol. The third-order valence-electron chi connectivity index (χ3n) is 3.33. The van der Waals surface area contributed by atoms with E-state index in [0.717, 1.165) is 21.8 Å². The summed E-state index contributed by atoms with van der Waals surface area (Å²) in [5.41, 5.74) is 2.01. The fourth-order valence-electron chi connectivity index (χ4n) is 2.15. The van der Waals surface area contributed by atoms with Gasteiger partial charge in [-0.15, -0.1) is 11.3 Å². The zero-order valence-corrected chi connectivity index (χ0v) is 13.3. The SMILES string of the molecule is O=C(C=Cc1ccccc1OCc1ccccc1)c1cccs1. The smallest absolute Gasteiger partial charge is 0.195 e. The molecule has 0 amide bonds. The Morgan fingerprint density at radius 2 is 1.74 bits per heavy atom. The first-order chi connectivity index (χ1) is 11.3. The molecular formula is C20H16O2S. The van der Waals surface area contributed by atoms with Gasteiger partial charge in [-0.25, -0.2) is 0 Å². The zero-order valence-electron chi connectivity index (χ0n) is 12.5. The molecule has 2 aromatic carbocycles. The van der Waals surface area contributed by atoms with Gasteiger partial charge in [0.1, 0.15) is 12.4 Å². The minimum absolute atomic E-state index is 0.0119. The van der Waals surface area contributed by atoms with Crippen molar-refractivity contribution in [2.75, 3.05) is 0 Å². The third kappa shape index (κ3) is 4.18. The standard InChI is InChI=1S/C20H16O2S/c21-18(20-11-6-14-23-20)13-12-17-9-4-5-10-19(17)22-15-16-7-2-1-3-8-16/h1-14H,15H2. The molecule has 0 unspecified atom stereocenters. The molecule has 3 rings (SSSR count). The lowest BCUT2D eigenvalue weighted by atomic mass is 10.1. The summed E-state index contributed by atoms with van der Waals surface area (Å²) in [5.74, 6) is 0.782. The summed E-state index contributed by atoms with van der Waals surface area (Å²) >= 11 is 1.45. The molecule has 0 aliphatic rings. The van der Waals surface area contributed by atoms with E-state index in [1.165, 1.54) is 11.3 Å². The number of carbonyl (C=O) groups is 1. The van der Waals surface area contributed by atoms with E-state index in [0.29, 0.717) is 6.61 Å². The molecule has 23 heavy (non-hydrogen) atoms. The van der Waals surface area contributed by atoms with Crippen molar-refractivity contribution in [1.29, 1.82) is 0 Å². The van der Waals surface area contributed by atoms with Crippen molar-refractivity contribution in [3.05, 3.63) is 94.2 Å². The highest BCUT2D eigenvalue weighted by Gasteiger charge is 2.04. The molecule has 0 saturated carbocycles. The molecule has 1 heterocycles. The van der Waals surface area contributed by atoms with Crippen LogP contribution < -0.4 is 4.74 Å². The summed E-state index contributed by atoms with van der Waals surface area (Å²) in [4.78, 5) is 12.8. The monoisotopic (exact) mass is 320 g/mol. The van der Waals surface area contributed by atoms with Crippen LogP contribution in [0.15, 0.2) is 78.2 Å². The molecule has 0 bridgehead atoms. The Morgan fingerprint density at radius 3 is 2.52 bits per heavy atom. The van der Waals surface area contributed by atoms with Crippen molar-refractivity contribution in [2.24, 2.45) is 0 Å². The molecule has 114 valence electrons. The van der Waals surface area contributed by atoms with Gasteiger partial charge in [0.05, 0.1) is 4.88 Å². The molecule has 0 aliphatic heterocycles. The lowest BCUT2D eigenvalue weighted by Crippen LogP contribution is -1.97. The Labute approximate surface area is 139 Å². The number of hydrogen-bond acceptors (Lipinski definition) is 3. The molecule has 1 aromatic heterocycles. The number of carbonyl (C=O) groups excluding carboxylic acids is 1. The van der Waals surface area contributed by atoms with E-state index in [4.69, 9.17) is 4.74 Å². The van der Waals surface area contributed by atoms with Crippen LogP contribution >= 0.6 is 11.3 Å². The van der Waals surface area contributed by atoms with Crippen molar-refractivity contribution < 1.29 is 9.53 Å². The van der Waals surface area contributed by atoms with Gasteiger partial charge in [-0.2, -0.15) is 0 Å². The van der Waals surface area contributed by atoms with Crippen LogP contribution in [0.3, 0.4) is 0 Å². The number of thiophene rings is 1. The lowest BCUT2D eigenvalue weighted by Gasteiger charge is -2.09. The van der Waals surface area contributed by atoms with Crippen LogP contribution in [0.5, 0.6) is 5.75 Å². The van der Waals surface area contributed by atoms with Gasteiger partial charge >= 0.3 is 0 Å². The lowest BCUT2D eigenvalue weighted by molar-refractivity contribution is 0.105. The average Bonchev–Trinajstić information content (AvgIpc) is 3.14. The van der Waals surface area contributed by atoms with Gasteiger partial charge in [-0.05, 0) is 35.2 Å². The van der Waals surface area contributed by atoms with Crippen LogP contribution in [-0.4, -0.2) is 5.78 Å². The van der Waals surface area contributed by atoms with E-state index < -0.39 is 0 Å². The van der Waals surface area contributed by atoms with Crippen molar-refractivity contribution >= 4 is 23.2 Å². The van der Waals surface area contributed by atoms with Crippen LogP contribution in [0.25, 0.3) is 6.08 Å².